The molecule has 0 saturated heterocycles. The normalized spacial score (nSPS) is 20.3. The van der Waals surface area contributed by atoms with E-state index in [-0.39, 0.29) is 22.8 Å². The second kappa shape index (κ2) is 11.7. The maximum atomic E-state index is 13.0. The average molecular weight is 560 g/mol. The highest BCUT2D eigenvalue weighted by molar-refractivity contribution is 7.98. The van der Waals surface area contributed by atoms with E-state index >= 15 is 0 Å². The fraction of sp³-hybridized carbons (Fsp3) is 0.417. The minimum Gasteiger partial charge on any atom is -0.398 e. The van der Waals surface area contributed by atoms with E-state index in [2.05, 4.69) is 10.6 Å². The molecule has 0 radical (unpaired) electrons. The number of carbonyl (C=O) groups excluding carboxylic acids is 2. The first-order valence-electron chi connectivity index (χ1n) is 11.4. The lowest BCUT2D eigenvalue weighted by Crippen LogP contribution is -2.50. The number of thioether (sulfide) groups is 1. The molecule has 0 bridgehead atoms. The van der Waals surface area contributed by atoms with Gasteiger partial charge in [-0.15, -0.1) is 11.8 Å². The van der Waals surface area contributed by atoms with Gasteiger partial charge >= 0.3 is 6.18 Å². The van der Waals surface area contributed by atoms with Gasteiger partial charge in [-0.25, -0.2) is 8.42 Å². The summed E-state index contributed by atoms with van der Waals surface area (Å²) in [5.74, 6) is -2.36. The molecule has 0 spiro atoms. The van der Waals surface area contributed by atoms with Gasteiger partial charge in [0.2, 0.25) is 5.91 Å². The lowest BCUT2D eigenvalue weighted by Gasteiger charge is -2.34. The lowest BCUT2D eigenvalue weighted by molar-refractivity contribution is -0.137. The smallest absolute Gasteiger partial charge is 0.398 e. The van der Waals surface area contributed by atoms with E-state index in [4.69, 9.17) is 5.73 Å². The van der Waals surface area contributed by atoms with Crippen molar-refractivity contribution in [1.82, 2.24) is 10.6 Å². The van der Waals surface area contributed by atoms with Crippen LogP contribution in [0.1, 0.15) is 35.2 Å². The van der Waals surface area contributed by atoms with Crippen molar-refractivity contribution < 1.29 is 36.3 Å². The molecular weight excluding hydrogens is 531 g/mol. The Hall–Kier alpha value is -2.77. The Bertz CT molecular complexity index is 1240. The molecular formula is C24H28F3N3O5S2. The van der Waals surface area contributed by atoms with Crippen LogP contribution in [0.25, 0.3) is 0 Å². The zero-order valence-corrected chi connectivity index (χ0v) is 21.5. The molecule has 1 aliphatic rings. The molecule has 202 valence electrons. The summed E-state index contributed by atoms with van der Waals surface area (Å²) in [5.41, 5.74) is 3.97. The number of aliphatic hydroxyl groups is 1. The van der Waals surface area contributed by atoms with Crippen LogP contribution in [0.4, 0.5) is 18.9 Å². The molecule has 8 nitrogen and oxygen atoms in total. The molecule has 5 N–H and O–H groups in total. The van der Waals surface area contributed by atoms with Crippen molar-refractivity contribution in [2.24, 2.45) is 5.92 Å². The van der Waals surface area contributed by atoms with Crippen LogP contribution in [0.2, 0.25) is 0 Å². The SMILES string of the molecule is CSc1ccc(S(=O)(=O)C[C@@H]2CC[C@H](O)C[C@@H]2NC(=O)CNC(=O)c2cc(C(F)(F)F)ccc2N)cc1. The summed E-state index contributed by atoms with van der Waals surface area (Å²) in [6.07, 6.45) is -2.66. The van der Waals surface area contributed by atoms with Gasteiger partial charge in [0, 0.05) is 16.6 Å². The Kier molecular flexibility index (Phi) is 9.13. The highest BCUT2D eigenvalue weighted by Crippen LogP contribution is 2.31. The van der Waals surface area contributed by atoms with Crippen molar-refractivity contribution in [3.8, 4) is 0 Å². The van der Waals surface area contributed by atoms with E-state index in [1.54, 1.807) is 12.1 Å². The number of nitrogens with two attached hydrogens (primary N) is 1. The van der Waals surface area contributed by atoms with Crippen LogP contribution >= 0.6 is 11.8 Å². The maximum Gasteiger partial charge on any atom is 0.416 e. The molecule has 2 amide bonds. The zero-order valence-electron chi connectivity index (χ0n) is 19.9. The number of rotatable bonds is 8. The van der Waals surface area contributed by atoms with Crippen LogP contribution in [0.3, 0.4) is 0 Å². The monoisotopic (exact) mass is 559 g/mol. The Morgan fingerprint density at radius 3 is 2.43 bits per heavy atom. The van der Waals surface area contributed by atoms with Gasteiger partial charge in [-0.3, -0.25) is 9.59 Å². The largest absolute Gasteiger partial charge is 0.416 e. The van der Waals surface area contributed by atoms with Crippen molar-refractivity contribution >= 4 is 39.1 Å². The predicted octanol–water partition coefficient (Wildman–Crippen LogP) is 2.86. The summed E-state index contributed by atoms with van der Waals surface area (Å²) >= 11 is 1.48. The molecule has 1 aliphatic carbocycles. The van der Waals surface area contributed by atoms with Crippen LogP contribution in [-0.4, -0.2) is 56.0 Å². The van der Waals surface area contributed by atoms with Gasteiger partial charge in [0.15, 0.2) is 9.84 Å². The number of hydrogen-bond donors (Lipinski definition) is 4. The summed E-state index contributed by atoms with van der Waals surface area (Å²) in [5, 5.41) is 15.0. The maximum absolute atomic E-state index is 13.0. The Morgan fingerprint density at radius 1 is 1.14 bits per heavy atom. The number of nitrogens with one attached hydrogen (secondary N) is 2. The molecule has 1 fully saturated rings. The minimum absolute atomic E-state index is 0.131. The van der Waals surface area contributed by atoms with E-state index in [0.717, 1.165) is 17.0 Å². The molecule has 37 heavy (non-hydrogen) atoms. The number of halogens is 3. The van der Waals surface area contributed by atoms with Gasteiger partial charge in [-0.1, -0.05) is 0 Å². The van der Waals surface area contributed by atoms with E-state index in [1.807, 2.05) is 6.26 Å². The summed E-state index contributed by atoms with van der Waals surface area (Å²) in [4.78, 5) is 26.0. The second-order valence-corrected chi connectivity index (χ2v) is 11.8. The highest BCUT2D eigenvalue weighted by Gasteiger charge is 2.35. The van der Waals surface area contributed by atoms with Crippen LogP contribution < -0.4 is 16.4 Å². The first kappa shape index (κ1) is 28.8. The number of carbonyl (C=O) groups is 2. The van der Waals surface area contributed by atoms with Crippen LogP contribution in [-0.2, 0) is 20.8 Å². The number of amides is 2. The van der Waals surface area contributed by atoms with Gasteiger partial charge in [0.1, 0.15) is 0 Å². The van der Waals surface area contributed by atoms with Crippen molar-refractivity contribution in [2.75, 3.05) is 24.3 Å². The van der Waals surface area contributed by atoms with E-state index in [9.17, 15) is 36.3 Å². The lowest BCUT2D eigenvalue weighted by atomic mass is 9.84. The third kappa shape index (κ3) is 7.62. The van der Waals surface area contributed by atoms with E-state index in [1.165, 1.54) is 23.9 Å². The molecule has 0 unspecified atom stereocenters. The molecule has 3 atom stereocenters. The Balaban J connectivity index is 1.64. The fourth-order valence-electron chi connectivity index (χ4n) is 4.19. The van der Waals surface area contributed by atoms with E-state index < -0.39 is 63.6 Å². The molecule has 13 heteroatoms. The number of hydrogen-bond acceptors (Lipinski definition) is 7. The van der Waals surface area contributed by atoms with Crippen LogP contribution in [0.5, 0.6) is 0 Å². The predicted molar refractivity (Wildman–Crippen MR) is 134 cm³/mol. The molecule has 0 aliphatic heterocycles. The quantitative estimate of drug-likeness (QED) is 0.288. The summed E-state index contributed by atoms with van der Waals surface area (Å²) < 4.78 is 64.9. The third-order valence-corrected chi connectivity index (χ3v) is 8.80. The number of anilines is 1. The average Bonchev–Trinajstić information content (AvgIpc) is 2.83. The molecule has 2 aromatic carbocycles. The number of aliphatic hydroxyl groups excluding tert-OH is 1. The number of sulfone groups is 1. The summed E-state index contributed by atoms with van der Waals surface area (Å²) in [6.45, 7) is -0.573. The zero-order chi connectivity index (χ0) is 27.4. The first-order valence-corrected chi connectivity index (χ1v) is 14.3. The number of alkyl halides is 3. The molecule has 0 heterocycles. The number of nitrogen functional groups attached to an aromatic ring is 1. The molecule has 2 aromatic rings. The van der Waals surface area contributed by atoms with Gasteiger partial charge in [0.05, 0.1) is 34.4 Å². The summed E-state index contributed by atoms with van der Waals surface area (Å²) in [7, 11) is -3.67. The highest BCUT2D eigenvalue weighted by atomic mass is 32.2. The number of benzene rings is 2. The Labute approximate surface area is 217 Å². The third-order valence-electron chi connectivity index (χ3n) is 6.20. The standard InChI is InChI=1S/C24H28F3N3O5S2/c1-36-17-5-7-18(8-6-17)37(34,35)13-14-2-4-16(31)11-21(14)30-22(32)12-29-23(33)19-10-15(24(25,26)27)3-9-20(19)28/h3,5-10,14,16,21,31H,2,4,11-13,28H2,1H3,(H,29,33)(H,30,32)/t14-,16-,21-/m0/s1. The van der Waals surface area contributed by atoms with Gasteiger partial charge in [-0.2, -0.15) is 13.2 Å². The van der Waals surface area contributed by atoms with Gasteiger partial charge in [0.25, 0.3) is 5.91 Å². The molecule has 0 aromatic heterocycles. The molecule has 3 rings (SSSR count). The minimum atomic E-state index is -4.67. The molecule has 1 saturated carbocycles. The first-order chi connectivity index (χ1) is 17.3. The van der Waals surface area contributed by atoms with Crippen LogP contribution in [0, 0.1) is 5.92 Å². The van der Waals surface area contributed by atoms with E-state index in [0.29, 0.717) is 18.9 Å². The topological polar surface area (TPSA) is 139 Å². The van der Waals surface area contributed by atoms with Gasteiger partial charge < -0.3 is 21.5 Å². The van der Waals surface area contributed by atoms with Crippen molar-refractivity contribution in [3.63, 3.8) is 0 Å². The van der Waals surface area contributed by atoms with Crippen molar-refractivity contribution in [3.05, 3.63) is 53.6 Å². The second-order valence-electron chi connectivity index (χ2n) is 8.84. The van der Waals surface area contributed by atoms with Crippen molar-refractivity contribution in [2.45, 2.75) is 47.4 Å². The fourth-order valence-corrected chi connectivity index (χ4v) is 6.31. The van der Waals surface area contributed by atoms with Gasteiger partial charge in [-0.05, 0) is 73.9 Å². The summed E-state index contributed by atoms with van der Waals surface area (Å²) in [6, 6.07) is 8.12. The van der Waals surface area contributed by atoms with Crippen molar-refractivity contribution in [1.29, 1.82) is 0 Å². The van der Waals surface area contributed by atoms with Crippen LogP contribution in [0.15, 0.2) is 52.3 Å². The Morgan fingerprint density at radius 2 is 1.81 bits per heavy atom.